The molecule has 1 N–H and O–H groups in total. The predicted molar refractivity (Wildman–Crippen MR) is 77.5 cm³/mol. The molecule has 2 fully saturated rings. The molecule has 3 rings (SSSR count). The fourth-order valence-corrected chi connectivity index (χ4v) is 3.83. The first kappa shape index (κ1) is 14.7. The van der Waals surface area contributed by atoms with Gasteiger partial charge >= 0.3 is 6.18 Å². The second-order valence-corrected chi connectivity index (χ2v) is 6.13. The lowest BCUT2D eigenvalue weighted by molar-refractivity contribution is -0.137. The van der Waals surface area contributed by atoms with Crippen LogP contribution in [0.5, 0.6) is 0 Å². The van der Waals surface area contributed by atoms with Gasteiger partial charge in [0.05, 0.1) is 11.1 Å². The van der Waals surface area contributed by atoms with Gasteiger partial charge in [-0.1, -0.05) is 31.4 Å². The third kappa shape index (κ3) is 2.76. The highest BCUT2D eigenvalue weighted by atomic mass is 19.4. The van der Waals surface area contributed by atoms with Crippen LogP contribution in [0.1, 0.15) is 37.7 Å². The molecule has 1 aliphatic heterocycles. The molecule has 0 atom stereocenters. The Labute approximate surface area is 123 Å². The summed E-state index contributed by atoms with van der Waals surface area (Å²) in [6.07, 6.45) is 1.06. The van der Waals surface area contributed by atoms with E-state index < -0.39 is 11.7 Å². The first-order valence-electron chi connectivity index (χ1n) is 7.68. The van der Waals surface area contributed by atoms with Gasteiger partial charge in [-0.05, 0) is 25.0 Å². The first-order valence-corrected chi connectivity index (χ1v) is 7.68. The van der Waals surface area contributed by atoms with Crippen LogP contribution in [0.15, 0.2) is 24.3 Å². The molecule has 2 nitrogen and oxygen atoms in total. The van der Waals surface area contributed by atoms with Crippen LogP contribution in [0.3, 0.4) is 0 Å². The number of hydrogen-bond acceptors (Lipinski definition) is 2. The van der Waals surface area contributed by atoms with Crippen LogP contribution >= 0.6 is 0 Å². The standard InChI is InChI=1S/C16H21F3N2/c17-16(18,19)13-6-2-3-7-14(13)21-11-10-20-12-15(21)8-4-1-5-9-15/h2-3,6-7,20H,1,4-5,8-12H2. The van der Waals surface area contributed by atoms with Gasteiger partial charge in [0.1, 0.15) is 0 Å². The molecule has 2 aliphatic rings. The third-order valence-corrected chi connectivity index (χ3v) is 4.82. The molecule has 1 aromatic carbocycles. The van der Waals surface area contributed by atoms with Gasteiger partial charge in [-0.3, -0.25) is 0 Å². The first-order chi connectivity index (χ1) is 10.0. The van der Waals surface area contributed by atoms with Crippen LogP contribution < -0.4 is 10.2 Å². The van der Waals surface area contributed by atoms with Crippen molar-refractivity contribution in [3.63, 3.8) is 0 Å². The van der Waals surface area contributed by atoms with Crippen molar-refractivity contribution in [2.45, 2.75) is 43.8 Å². The van der Waals surface area contributed by atoms with Crippen LogP contribution in [0.4, 0.5) is 18.9 Å². The van der Waals surface area contributed by atoms with Crippen LogP contribution in [0.25, 0.3) is 0 Å². The smallest absolute Gasteiger partial charge is 0.363 e. The number of para-hydroxylation sites is 1. The van der Waals surface area contributed by atoms with E-state index in [9.17, 15) is 13.2 Å². The average Bonchev–Trinajstić information content (AvgIpc) is 2.48. The molecule has 0 radical (unpaired) electrons. The largest absolute Gasteiger partial charge is 0.418 e. The Morgan fingerprint density at radius 3 is 2.48 bits per heavy atom. The highest BCUT2D eigenvalue weighted by molar-refractivity contribution is 5.57. The molecule has 1 aliphatic carbocycles. The van der Waals surface area contributed by atoms with Gasteiger partial charge in [-0.15, -0.1) is 0 Å². The van der Waals surface area contributed by atoms with Crippen molar-refractivity contribution in [1.29, 1.82) is 0 Å². The molecule has 0 unspecified atom stereocenters. The lowest BCUT2D eigenvalue weighted by atomic mass is 9.78. The van der Waals surface area contributed by atoms with Crippen LogP contribution in [-0.4, -0.2) is 25.2 Å². The zero-order valence-electron chi connectivity index (χ0n) is 12.0. The van der Waals surface area contributed by atoms with Crippen molar-refractivity contribution in [3.8, 4) is 0 Å². The van der Waals surface area contributed by atoms with E-state index in [-0.39, 0.29) is 5.54 Å². The number of benzene rings is 1. The maximum atomic E-state index is 13.3. The predicted octanol–water partition coefficient (Wildman–Crippen LogP) is 3.82. The maximum Gasteiger partial charge on any atom is 0.418 e. The van der Waals surface area contributed by atoms with Crippen molar-refractivity contribution >= 4 is 5.69 Å². The monoisotopic (exact) mass is 298 g/mol. The van der Waals surface area contributed by atoms with Crippen molar-refractivity contribution in [3.05, 3.63) is 29.8 Å². The normalized spacial score (nSPS) is 22.5. The Kier molecular flexibility index (Phi) is 3.86. The Morgan fingerprint density at radius 2 is 1.76 bits per heavy atom. The quantitative estimate of drug-likeness (QED) is 0.848. The van der Waals surface area contributed by atoms with E-state index in [2.05, 4.69) is 5.32 Å². The summed E-state index contributed by atoms with van der Waals surface area (Å²) in [6.45, 7) is 2.18. The van der Waals surface area contributed by atoms with Gasteiger partial charge in [-0.2, -0.15) is 13.2 Å². The van der Waals surface area contributed by atoms with E-state index in [1.165, 1.54) is 18.6 Å². The molecule has 0 amide bonds. The van der Waals surface area contributed by atoms with Crippen molar-refractivity contribution in [2.75, 3.05) is 24.5 Å². The summed E-state index contributed by atoms with van der Waals surface area (Å²) in [5.74, 6) is 0. The van der Waals surface area contributed by atoms with Crippen LogP contribution in [-0.2, 0) is 6.18 Å². The summed E-state index contributed by atoms with van der Waals surface area (Å²) in [7, 11) is 0. The Morgan fingerprint density at radius 1 is 1.05 bits per heavy atom. The molecule has 5 heteroatoms. The van der Waals surface area contributed by atoms with Gasteiger partial charge in [-0.25, -0.2) is 0 Å². The third-order valence-electron chi connectivity index (χ3n) is 4.82. The molecule has 1 spiro atoms. The summed E-state index contributed by atoms with van der Waals surface area (Å²) < 4.78 is 40.0. The molecule has 21 heavy (non-hydrogen) atoms. The molecule has 116 valence electrons. The number of anilines is 1. The average molecular weight is 298 g/mol. The van der Waals surface area contributed by atoms with Gasteiger partial charge in [0.2, 0.25) is 0 Å². The molecule has 1 saturated heterocycles. The van der Waals surface area contributed by atoms with E-state index in [0.29, 0.717) is 12.2 Å². The van der Waals surface area contributed by atoms with Crippen molar-refractivity contribution in [2.24, 2.45) is 0 Å². The fraction of sp³-hybridized carbons (Fsp3) is 0.625. The zero-order chi connectivity index (χ0) is 14.9. The Hall–Kier alpha value is -1.23. The summed E-state index contributed by atoms with van der Waals surface area (Å²) in [4.78, 5) is 2.03. The van der Waals surface area contributed by atoms with E-state index in [1.807, 2.05) is 4.90 Å². The minimum Gasteiger partial charge on any atom is -0.363 e. The summed E-state index contributed by atoms with van der Waals surface area (Å²) in [6, 6.07) is 6.02. The topological polar surface area (TPSA) is 15.3 Å². The second kappa shape index (κ2) is 5.52. The molecular weight excluding hydrogens is 277 g/mol. The zero-order valence-corrected chi connectivity index (χ0v) is 12.0. The molecule has 1 aromatic rings. The molecule has 1 heterocycles. The van der Waals surface area contributed by atoms with Crippen molar-refractivity contribution < 1.29 is 13.2 Å². The number of nitrogens with one attached hydrogen (secondary N) is 1. The van der Waals surface area contributed by atoms with E-state index in [4.69, 9.17) is 0 Å². The van der Waals surface area contributed by atoms with Gasteiger partial charge in [0.25, 0.3) is 0 Å². The number of hydrogen-bond donors (Lipinski definition) is 1. The molecule has 0 aromatic heterocycles. The minimum absolute atomic E-state index is 0.141. The lowest BCUT2D eigenvalue weighted by Gasteiger charge is -2.51. The summed E-state index contributed by atoms with van der Waals surface area (Å²) in [5, 5.41) is 3.38. The molecule has 1 saturated carbocycles. The lowest BCUT2D eigenvalue weighted by Crippen LogP contribution is -2.62. The highest BCUT2D eigenvalue weighted by Crippen LogP contribution is 2.43. The number of piperazine rings is 1. The maximum absolute atomic E-state index is 13.3. The van der Waals surface area contributed by atoms with Crippen molar-refractivity contribution in [1.82, 2.24) is 5.32 Å². The van der Waals surface area contributed by atoms with Gasteiger partial charge in [0, 0.05) is 25.3 Å². The number of rotatable bonds is 1. The van der Waals surface area contributed by atoms with Crippen LogP contribution in [0.2, 0.25) is 0 Å². The number of nitrogens with zero attached hydrogens (tertiary/aromatic N) is 1. The Bertz CT molecular complexity index is 484. The number of halogens is 3. The van der Waals surface area contributed by atoms with Gasteiger partial charge < -0.3 is 10.2 Å². The fourth-order valence-electron chi connectivity index (χ4n) is 3.83. The molecular formula is C16H21F3N2. The SMILES string of the molecule is FC(F)(F)c1ccccc1N1CCNCC12CCCCC2. The van der Waals surface area contributed by atoms with Gasteiger partial charge in [0.15, 0.2) is 0 Å². The minimum atomic E-state index is -4.29. The molecule has 0 bridgehead atoms. The number of alkyl halides is 3. The second-order valence-electron chi connectivity index (χ2n) is 6.13. The van der Waals surface area contributed by atoms with E-state index >= 15 is 0 Å². The van der Waals surface area contributed by atoms with Crippen LogP contribution in [0, 0.1) is 0 Å². The summed E-state index contributed by atoms with van der Waals surface area (Å²) >= 11 is 0. The highest BCUT2D eigenvalue weighted by Gasteiger charge is 2.43. The van der Waals surface area contributed by atoms with E-state index in [0.717, 1.165) is 38.8 Å². The Balaban J connectivity index is 2.01. The van der Waals surface area contributed by atoms with E-state index in [1.54, 1.807) is 12.1 Å². The summed E-state index contributed by atoms with van der Waals surface area (Å²) in [5.41, 5.74) is -0.289.